The Balaban J connectivity index is 2.84. The first-order valence-electron chi connectivity index (χ1n) is 4.85. The normalized spacial score (nSPS) is 11.1. The molecule has 3 nitrogen and oxygen atoms in total. The molecule has 0 aromatic heterocycles. The number of halogens is 1. The Kier molecular flexibility index (Phi) is 5.05. The summed E-state index contributed by atoms with van der Waals surface area (Å²) in [5.41, 5.74) is 0.874. The van der Waals surface area contributed by atoms with Gasteiger partial charge in [-0.05, 0) is 46.6 Å². The molecule has 1 aromatic carbocycles. The van der Waals surface area contributed by atoms with Crippen LogP contribution in [-0.4, -0.2) is 19.7 Å². The van der Waals surface area contributed by atoms with Crippen LogP contribution in [0.1, 0.15) is 12.5 Å². The van der Waals surface area contributed by atoms with Gasteiger partial charge in [-0.25, -0.2) is 4.79 Å². The van der Waals surface area contributed by atoms with Crippen molar-refractivity contribution < 1.29 is 14.3 Å². The molecule has 0 aliphatic carbocycles. The Bertz CT molecular complexity index is 399. The number of hydrogen-bond acceptors (Lipinski definition) is 3. The molecule has 86 valence electrons. The predicted molar refractivity (Wildman–Crippen MR) is 66.5 cm³/mol. The lowest BCUT2D eigenvalue weighted by molar-refractivity contribution is -0.137. The molecule has 0 heterocycles. The monoisotopic (exact) mass is 284 g/mol. The van der Waals surface area contributed by atoms with Gasteiger partial charge in [-0.15, -0.1) is 0 Å². The van der Waals surface area contributed by atoms with Gasteiger partial charge in [0.2, 0.25) is 0 Å². The van der Waals surface area contributed by atoms with Crippen molar-refractivity contribution in [1.82, 2.24) is 0 Å². The highest BCUT2D eigenvalue weighted by Gasteiger charge is 2.06. The van der Waals surface area contributed by atoms with Crippen molar-refractivity contribution in [1.29, 1.82) is 0 Å². The van der Waals surface area contributed by atoms with Crippen LogP contribution in [0.15, 0.2) is 28.7 Å². The van der Waals surface area contributed by atoms with Crippen molar-refractivity contribution in [2.24, 2.45) is 0 Å². The van der Waals surface area contributed by atoms with Crippen molar-refractivity contribution >= 4 is 28.0 Å². The number of hydrogen-bond donors (Lipinski definition) is 0. The molecule has 0 atom stereocenters. The molecule has 4 heteroatoms. The van der Waals surface area contributed by atoms with Gasteiger partial charge in [0.1, 0.15) is 10.2 Å². The summed E-state index contributed by atoms with van der Waals surface area (Å²) in [5, 5.41) is 0. The van der Waals surface area contributed by atoms with E-state index in [1.807, 2.05) is 24.3 Å². The Labute approximate surface area is 103 Å². The summed E-state index contributed by atoms with van der Waals surface area (Å²) in [6, 6.07) is 7.41. The second kappa shape index (κ2) is 6.33. The molecule has 0 amide bonds. The number of carbonyl (C=O) groups excluding carboxylic acids is 1. The maximum atomic E-state index is 11.3. The van der Waals surface area contributed by atoms with E-state index in [2.05, 4.69) is 15.9 Å². The summed E-state index contributed by atoms with van der Waals surface area (Å²) in [5.74, 6) is 0.378. The molecule has 0 unspecified atom stereocenters. The third-order valence-electron chi connectivity index (χ3n) is 1.86. The van der Waals surface area contributed by atoms with Crippen molar-refractivity contribution in [3.63, 3.8) is 0 Å². The molecule has 0 radical (unpaired) electrons. The Morgan fingerprint density at radius 2 is 2.25 bits per heavy atom. The van der Waals surface area contributed by atoms with E-state index in [1.54, 1.807) is 20.1 Å². The third kappa shape index (κ3) is 3.70. The summed E-state index contributed by atoms with van der Waals surface area (Å²) in [6.07, 6.45) is 1.69. The van der Waals surface area contributed by atoms with Crippen molar-refractivity contribution in [2.45, 2.75) is 6.92 Å². The van der Waals surface area contributed by atoms with Crippen molar-refractivity contribution in [3.8, 4) is 5.75 Å². The van der Waals surface area contributed by atoms with E-state index in [9.17, 15) is 4.79 Å². The lowest BCUT2D eigenvalue weighted by Gasteiger charge is -2.02. The van der Waals surface area contributed by atoms with Crippen LogP contribution in [0.25, 0.3) is 6.08 Å². The van der Waals surface area contributed by atoms with Gasteiger partial charge in [-0.3, -0.25) is 0 Å². The fourth-order valence-corrected chi connectivity index (χ4v) is 1.52. The largest absolute Gasteiger partial charge is 0.497 e. The fraction of sp³-hybridized carbons (Fsp3) is 0.250. The van der Waals surface area contributed by atoms with Crippen molar-refractivity contribution in [3.05, 3.63) is 34.3 Å². The molecule has 0 aliphatic rings. The Morgan fingerprint density at radius 3 is 2.88 bits per heavy atom. The summed E-state index contributed by atoms with van der Waals surface area (Å²) in [7, 11) is 1.60. The third-order valence-corrected chi connectivity index (χ3v) is 2.41. The van der Waals surface area contributed by atoms with Gasteiger partial charge in [0.05, 0.1) is 13.7 Å². The summed E-state index contributed by atoms with van der Waals surface area (Å²) in [4.78, 5) is 11.3. The number of esters is 1. The van der Waals surface area contributed by atoms with Crippen LogP contribution < -0.4 is 4.74 Å². The maximum absolute atomic E-state index is 11.3. The molecular formula is C12H13BrO3. The highest BCUT2D eigenvalue weighted by molar-refractivity contribution is 9.12. The van der Waals surface area contributed by atoms with Crippen LogP contribution in [0.4, 0.5) is 0 Å². The maximum Gasteiger partial charge on any atom is 0.345 e. The quantitative estimate of drug-likeness (QED) is 0.630. The molecule has 0 spiro atoms. The van der Waals surface area contributed by atoms with E-state index in [4.69, 9.17) is 9.47 Å². The predicted octanol–water partition coefficient (Wildman–Crippen LogP) is 2.99. The fourth-order valence-electron chi connectivity index (χ4n) is 1.14. The van der Waals surface area contributed by atoms with Crippen LogP contribution in [0.5, 0.6) is 5.75 Å². The van der Waals surface area contributed by atoms with Crippen LogP contribution in [0.2, 0.25) is 0 Å². The molecule has 0 saturated heterocycles. The van der Waals surface area contributed by atoms with Gasteiger partial charge < -0.3 is 9.47 Å². The highest BCUT2D eigenvalue weighted by Crippen LogP contribution is 2.18. The van der Waals surface area contributed by atoms with Gasteiger partial charge in [0.15, 0.2) is 0 Å². The van der Waals surface area contributed by atoms with Crippen LogP contribution in [0, 0.1) is 0 Å². The molecule has 16 heavy (non-hydrogen) atoms. The molecular weight excluding hydrogens is 272 g/mol. The van der Waals surface area contributed by atoms with E-state index in [-0.39, 0.29) is 5.97 Å². The number of ether oxygens (including phenoxy) is 2. The van der Waals surface area contributed by atoms with E-state index < -0.39 is 0 Å². The van der Waals surface area contributed by atoms with E-state index in [0.29, 0.717) is 11.1 Å². The standard InChI is InChI=1S/C12H13BrO3/c1-3-16-12(14)11(13)8-9-5-4-6-10(7-9)15-2/h4-8H,3H2,1-2H3/b11-8-. The number of methoxy groups -OCH3 is 1. The van der Waals surface area contributed by atoms with Gasteiger partial charge in [-0.2, -0.15) is 0 Å². The molecule has 0 fully saturated rings. The molecule has 1 aromatic rings. The summed E-state index contributed by atoms with van der Waals surface area (Å²) < 4.78 is 10.3. The molecule has 0 saturated carbocycles. The van der Waals surface area contributed by atoms with E-state index in [0.717, 1.165) is 11.3 Å². The first kappa shape index (κ1) is 12.8. The number of carbonyl (C=O) groups is 1. The SMILES string of the molecule is CCOC(=O)/C(Br)=C/c1cccc(OC)c1. The molecule has 0 aliphatic heterocycles. The zero-order chi connectivity index (χ0) is 12.0. The molecule has 0 bridgehead atoms. The average Bonchev–Trinajstić information content (AvgIpc) is 2.29. The Hall–Kier alpha value is -1.29. The van der Waals surface area contributed by atoms with Crippen LogP contribution in [0.3, 0.4) is 0 Å². The lowest BCUT2D eigenvalue weighted by Crippen LogP contribution is -2.02. The lowest BCUT2D eigenvalue weighted by atomic mass is 10.2. The Morgan fingerprint density at radius 1 is 1.50 bits per heavy atom. The first-order valence-corrected chi connectivity index (χ1v) is 5.65. The molecule has 1 rings (SSSR count). The van der Waals surface area contributed by atoms with Gasteiger partial charge in [0, 0.05) is 0 Å². The zero-order valence-electron chi connectivity index (χ0n) is 9.20. The number of benzene rings is 1. The topological polar surface area (TPSA) is 35.5 Å². The molecule has 0 N–H and O–H groups in total. The van der Waals surface area contributed by atoms with Crippen LogP contribution >= 0.6 is 15.9 Å². The van der Waals surface area contributed by atoms with E-state index >= 15 is 0 Å². The first-order chi connectivity index (χ1) is 7.67. The zero-order valence-corrected chi connectivity index (χ0v) is 10.8. The minimum atomic E-state index is -0.370. The second-order valence-corrected chi connectivity index (χ2v) is 3.84. The summed E-state index contributed by atoms with van der Waals surface area (Å²) >= 11 is 3.17. The summed E-state index contributed by atoms with van der Waals surface area (Å²) in [6.45, 7) is 2.13. The minimum Gasteiger partial charge on any atom is -0.497 e. The number of rotatable bonds is 4. The van der Waals surface area contributed by atoms with Gasteiger partial charge >= 0.3 is 5.97 Å². The minimum absolute atomic E-state index is 0.361. The smallest absolute Gasteiger partial charge is 0.345 e. The second-order valence-electron chi connectivity index (χ2n) is 2.99. The van der Waals surface area contributed by atoms with Gasteiger partial charge in [-0.1, -0.05) is 12.1 Å². The van der Waals surface area contributed by atoms with Crippen LogP contribution in [-0.2, 0) is 9.53 Å². The average molecular weight is 285 g/mol. The van der Waals surface area contributed by atoms with E-state index in [1.165, 1.54) is 0 Å². The van der Waals surface area contributed by atoms with Crippen molar-refractivity contribution in [2.75, 3.05) is 13.7 Å². The van der Waals surface area contributed by atoms with Gasteiger partial charge in [0.25, 0.3) is 0 Å². The highest BCUT2D eigenvalue weighted by atomic mass is 79.9.